The molecule has 17 heteroatoms. The summed E-state index contributed by atoms with van der Waals surface area (Å²) in [6.45, 7) is 18.6. The van der Waals surface area contributed by atoms with E-state index in [2.05, 4.69) is 113 Å². The molecule has 0 heterocycles. The summed E-state index contributed by atoms with van der Waals surface area (Å²) in [5.41, 5.74) is 25.7. The topological polar surface area (TPSA) is 189 Å². The molecule has 588 valence electrons. The number of nitrogens with zero attached hydrogens (tertiary/aromatic N) is 5. The lowest BCUT2D eigenvalue weighted by Gasteiger charge is -2.19. The van der Waals surface area contributed by atoms with Crippen LogP contribution in [-0.2, 0) is 23.9 Å². The summed E-state index contributed by atoms with van der Waals surface area (Å²) < 4.78 is 19.7. The fraction of sp³-hybridized carbons (Fsp3) is 0.194. The number of anilines is 1. The van der Waals surface area contributed by atoms with E-state index < -0.39 is 23.9 Å². The lowest BCUT2D eigenvalue weighted by atomic mass is 9.92. The molecule has 3 amide bonds. The third kappa shape index (κ3) is 23.5. The van der Waals surface area contributed by atoms with Gasteiger partial charge in [-0.25, -0.2) is 9.59 Å². The first kappa shape index (κ1) is 86.9. The highest BCUT2D eigenvalue weighted by atomic mass is 16.5. The maximum Gasteiger partial charge on any atom is 0.337 e. The molecular weight excluding hydrogens is 1440 g/mol. The minimum Gasteiger partial charge on any atom is -0.465 e. The van der Waals surface area contributed by atoms with Gasteiger partial charge in [0.1, 0.15) is 11.5 Å². The predicted molar refractivity (Wildman–Crippen MR) is 461 cm³/mol. The normalized spacial score (nSPS) is 10.3. The largest absolute Gasteiger partial charge is 0.465 e. The zero-order chi connectivity index (χ0) is 83.9. The van der Waals surface area contributed by atoms with Crippen LogP contribution >= 0.6 is 0 Å². The van der Waals surface area contributed by atoms with Crippen molar-refractivity contribution in [3.8, 4) is 89.4 Å². The molecule has 0 aromatic heterocycles. The van der Waals surface area contributed by atoms with Crippen LogP contribution in [0.1, 0.15) is 101 Å². The van der Waals surface area contributed by atoms with Crippen LogP contribution in [0.2, 0.25) is 0 Å². The maximum absolute atomic E-state index is 12.6. The number of methoxy groups -OCH3 is 2. The molecule has 0 bridgehead atoms. The maximum atomic E-state index is 12.6. The third-order valence-electron chi connectivity index (χ3n) is 18.9. The number of rotatable bonds is 16. The van der Waals surface area contributed by atoms with Crippen molar-refractivity contribution < 1.29 is 57.4 Å². The van der Waals surface area contributed by atoms with Gasteiger partial charge in [-0.05, 0) is 238 Å². The quantitative estimate of drug-likeness (QED) is 0.0385. The van der Waals surface area contributed by atoms with Gasteiger partial charge in [0, 0.05) is 91.0 Å². The average Bonchev–Trinajstić information content (AvgIpc) is 0.805. The van der Waals surface area contributed by atoms with Gasteiger partial charge < -0.3 is 33.6 Å². The molecule has 0 saturated heterocycles. The number of nitroso groups, excluding NO2 is 1. The summed E-state index contributed by atoms with van der Waals surface area (Å²) in [5, 5.41) is 1.43. The highest BCUT2D eigenvalue weighted by Crippen LogP contribution is 2.38. The molecule has 12 aromatic rings. The highest BCUT2D eigenvalue weighted by Gasteiger charge is 2.24. The molecular formula is C98H100N5O12+. The van der Waals surface area contributed by atoms with Crippen LogP contribution in [0.3, 0.4) is 0 Å². The van der Waals surface area contributed by atoms with Gasteiger partial charge in [-0.15, -0.1) is 5.01 Å². The molecule has 12 rings (SSSR count). The van der Waals surface area contributed by atoms with Gasteiger partial charge in [0.05, 0.1) is 44.3 Å². The second-order valence-electron chi connectivity index (χ2n) is 28.3. The van der Waals surface area contributed by atoms with Crippen LogP contribution < -0.4 is 14.4 Å². The summed E-state index contributed by atoms with van der Waals surface area (Å²) in [6.07, 6.45) is 0. The molecule has 12 aromatic carbocycles. The van der Waals surface area contributed by atoms with Crippen molar-refractivity contribution in [3.63, 3.8) is 0 Å². The molecule has 0 saturated carbocycles. The Bertz CT molecular complexity index is 5330. The number of amides is 3. The minimum atomic E-state index is -0.490. The van der Waals surface area contributed by atoms with E-state index in [4.69, 9.17) is 18.9 Å². The molecule has 0 radical (unpaired) electrons. The number of ether oxygens (including phenoxy) is 4. The molecule has 0 aliphatic carbocycles. The predicted octanol–water partition coefficient (Wildman–Crippen LogP) is 21.0. The average molecular weight is 1540 g/mol. The second kappa shape index (κ2) is 40.5. The Balaban J connectivity index is 0.000000180. The summed E-state index contributed by atoms with van der Waals surface area (Å²) in [6, 6.07) is 84.4. The van der Waals surface area contributed by atoms with E-state index in [0.717, 1.165) is 94.0 Å². The van der Waals surface area contributed by atoms with E-state index in [1.807, 2.05) is 161 Å². The van der Waals surface area contributed by atoms with Crippen LogP contribution in [0, 0.1) is 53.4 Å². The van der Waals surface area contributed by atoms with Crippen LogP contribution in [0.5, 0.6) is 11.5 Å². The van der Waals surface area contributed by atoms with E-state index in [0.29, 0.717) is 39.4 Å². The Morgan fingerprint density at radius 2 is 0.548 bits per heavy atom. The summed E-state index contributed by atoms with van der Waals surface area (Å²) >= 11 is 0. The Hall–Kier alpha value is -13.7. The van der Waals surface area contributed by atoms with Crippen molar-refractivity contribution in [2.45, 2.75) is 69.2 Å². The number of carbonyl (C=O) groups excluding carboxylic acids is 7. The standard InChI is InChI=1S/2C23H23NO.C18H22N3O2.2C17H16O4/c1-16-9-5-7-11-21(16)18-13-19(22-12-8-6-10-17(22)2)15-20(14-18)23(25)24(3)4;1-16-9-5-7-11-22(16)19-13-20(23-12-8-6-10-17(23)2)15-21(14-19)24(4)18(3)25;1-13-8-6-7-9-17(13)14-10-15(18(22)19(2)3)12-16(11-14)21(23)20(4)5;1-11-6-4-5-7-15(11)12-8-13(16(18)20-2)10-14(9-12)17(19)21-3;1-11-6-4-5-7-17(11)14-8-15(20-12(2)18)10-16(9-14)21-13(3)19/h2*5-15H,1-4H3;6-12H,1-5H3;2*4-10H,1-3H3/q;;+1;;. The lowest BCUT2D eigenvalue weighted by molar-refractivity contribution is -0.627. The molecule has 0 aliphatic heterocycles. The fourth-order valence-corrected chi connectivity index (χ4v) is 12.8. The molecule has 17 nitrogen and oxygen atoms in total. The molecule has 0 unspecified atom stereocenters. The van der Waals surface area contributed by atoms with Crippen LogP contribution in [-0.4, -0.2) is 125 Å². The number of esters is 4. The van der Waals surface area contributed by atoms with Gasteiger partial charge >= 0.3 is 23.9 Å². The van der Waals surface area contributed by atoms with Gasteiger partial charge in [0.25, 0.3) is 17.5 Å². The van der Waals surface area contributed by atoms with Crippen molar-refractivity contribution in [1.82, 2.24) is 14.8 Å². The fourth-order valence-electron chi connectivity index (χ4n) is 12.8. The third-order valence-corrected chi connectivity index (χ3v) is 18.9. The van der Waals surface area contributed by atoms with Crippen molar-refractivity contribution >= 4 is 53.0 Å². The van der Waals surface area contributed by atoms with Gasteiger partial charge in [-0.1, -0.05) is 170 Å². The number of hydrazine groups is 1. The molecule has 115 heavy (non-hydrogen) atoms. The first-order chi connectivity index (χ1) is 54.8. The molecule has 0 aliphatic rings. The number of benzene rings is 12. The second-order valence-corrected chi connectivity index (χ2v) is 28.3. The number of hydrogen-bond acceptors (Lipinski definition) is 12. The van der Waals surface area contributed by atoms with E-state index in [1.165, 1.54) is 83.5 Å². The first-order valence-electron chi connectivity index (χ1n) is 37.3. The van der Waals surface area contributed by atoms with Crippen LogP contribution in [0.15, 0.2) is 261 Å². The van der Waals surface area contributed by atoms with Gasteiger partial charge in [-0.3, -0.25) is 24.0 Å². The minimum absolute atomic E-state index is 0.0188. The van der Waals surface area contributed by atoms with E-state index in [-0.39, 0.29) is 17.7 Å². The van der Waals surface area contributed by atoms with Crippen LogP contribution in [0.25, 0.3) is 77.9 Å². The van der Waals surface area contributed by atoms with Gasteiger partial charge in [-0.2, -0.15) is 0 Å². The molecule has 0 atom stereocenters. The Kier molecular flexibility index (Phi) is 30.6. The van der Waals surface area contributed by atoms with E-state index >= 15 is 0 Å². The zero-order valence-electron chi connectivity index (χ0n) is 69.0. The number of hydrogen-bond donors (Lipinski definition) is 0. The van der Waals surface area contributed by atoms with Crippen molar-refractivity contribution in [2.75, 3.05) is 68.5 Å². The van der Waals surface area contributed by atoms with Gasteiger partial charge in [0.15, 0.2) is 4.87 Å². The number of carbonyl (C=O) groups is 7. The monoisotopic (exact) mass is 1540 g/mol. The van der Waals surface area contributed by atoms with Crippen molar-refractivity contribution in [1.29, 1.82) is 0 Å². The molecule has 0 spiro atoms. The van der Waals surface area contributed by atoms with Crippen LogP contribution in [0.4, 0.5) is 11.4 Å². The molecule has 0 fully saturated rings. The first-order valence-corrected chi connectivity index (χ1v) is 37.3. The lowest BCUT2D eigenvalue weighted by Crippen LogP contribution is -2.23. The number of aryl methyl sites for hydroxylation is 7. The van der Waals surface area contributed by atoms with Crippen molar-refractivity contribution in [2.24, 2.45) is 0 Å². The highest BCUT2D eigenvalue weighted by molar-refractivity contribution is 6.00. The summed E-state index contributed by atoms with van der Waals surface area (Å²) in [4.78, 5) is 101. The SMILES string of the molecule is CC(=O)N(C)c1cc(-c2ccccc2C)cc(-c2ccccc2C)c1.CC(=O)Oc1cc(OC(C)=O)cc(-c2ccccc2C)c1.COC(=O)c1cc(C(=O)OC)cc(-c2ccccc2C)c1.Cc1ccccc1-c1cc(C(=O)N(C)C)cc(-c2ccccc2C)c1.Cc1ccccc1-c1cc(C(=O)N(C)C)cc([N+](=O)N(C)C)c1. The Morgan fingerprint density at radius 3 is 0.809 bits per heavy atom. The summed E-state index contributed by atoms with van der Waals surface area (Å²) in [7, 11) is 14.7. The van der Waals surface area contributed by atoms with E-state index in [1.54, 1.807) is 89.3 Å². The summed E-state index contributed by atoms with van der Waals surface area (Å²) in [5.74, 6) is -1.22. The van der Waals surface area contributed by atoms with Crippen molar-refractivity contribution in [3.05, 3.63) is 327 Å². The zero-order valence-corrected chi connectivity index (χ0v) is 69.0. The molecule has 0 N–H and O–H groups in total. The Labute approximate surface area is 675 Å². The Morgan fingerprint density at radius 1 is 0.296 bits per heavy atom. The smallest absolute Gasteiger partial charge is 0.337 e. The van der Waals surface area contributed by atoms with E-state index in [9.17, 15) is 38.5 Å². The van der Waals surface area contributed by atoms with Gasteiger partial charge in [0.2, 0.25) is 5.91 Å².